The monoisotopic (exact) mass is 274 g/mol. The summed E-state index contributed by atoms with van der Waals surface area (Å²) in [4.78, 5) is 15.7. The fourth-order valence-corrected chi connectivity index (χ4v) is 1.70. The lowest BCUT2D eigenvalue weighted by atomic mass is 10.2. The highest BCUT2D eigenvalue weighted by Gasteiger charge is 2.08. The molecule has 5 nitrogen and oxygen atoms in total. The molecular weight excluding hydrogens is 244 g/mol. The Labute approximate surface area is 117 Å². The van der Waals surface area contributed by atoms with Crippen LogP contribution < -0.4 is 0 Å². The van der Waals surface area contributed by atoms with Crippen LogP contribution in [0.2, 0.25) is 0 Å². The average molecular weight is 274 g/mol. The van der Waals surface area contributed by atoms with Gasteiger partial charge in [0.25, 0.3) is 0 Å². The molecule has 0 spiro atoms. The van der Waals surface area contributed by atoms with Crippen LogP contribution in [0.25, 0.3) is 0 Å². The quantitative estimate of drug-likeness (QED) is 0.417. The summed E-state index contributed by atoms with van der Waals surface area (Å²) in [7, 11) is 4.15. The van der Waals surface area contributed by atoms with Crippen LogP contribution >= 0.6 is 0 Å². The van der Waals surface area contributed by atoms with Crippen LogP contribution in [-0.4, -0.2) is 75.9 Å². The van der Waals surface area contributed by atoms with Gasteiger partial charge in [-0.1, -0.05) is 13.8 Å². The van der Waals surface area contributed by atoms with Gasteiger partial charge in [-0.2, -0.15) is 0 Å². The molecule has 0 radical (unpaired) electrons. The van der Waals surface area contributed by atoms with Crippen molar-refractivity contribution in [2.24, 2.45) is 5.92 Å². The van der Waals surface area contributed by atoms with Gasteiger partial charge in [-0.05, 0) is 26.9 Å². The number of carbonyl (C=O) groups is 1. The molecule has 5 heteroatoms. The van der Waals surface area contributed by atoms with E-state index in [9.17, 15) is 4.79 Å². The first-order valence-corrected chi connectivity index (χ1v) is 7.06. The summed E-state index contributed by atoms with van der Waals surface area (Å²) >= 11 is 0. The number of likely N-dealkylation sites (N-methyl/N-ethyl adjacent to an activating group) is 1. The maximum atomic E-state index is 11.1. The van der Waals surface area contributed by atoms with Gasteiger partial charge in [-0.25, -0.2) is 4.79 Å². The van der Waals surface area contributed by atoms with Gasteiger partial charge in [0, 0.05) is 26.2 Å². The van der Waals surface area contributed by atoms with Crippen molar-refractivity contribution >= 4 is 5.97 Å². The summed E-state index contributed by atoms with van der Waals surface area (Å²) in [5.74, 6) is 0.346. The summed E-state index contributed by atoms with van der Waals surface area (Å²) in [6.07, 6.45) is 0. The first kappa shape index (κ1) is 18.4. The number of hydrogen-bond acceptors (Lipinski definition) is 5. The summed E-state index contributed by atoms with van der Waals surface area (Å²) in [6, 6.07) is 0. The Kier molecular flexibility index (Phi) is 10.8. The predicted molar refractivity (Wildman–Crippen MR) is 77.3 cm³/mol. The minimum Gasteiger partial charge on any atom is -0.464 e. The molecule has 0 atom stereocenters. The van der Waals surface area contributed by atoms with Crippen molar-refractivity contribution < 1.29 is 14.3 Å². The molecule has 0 heterocycles. The zero-order valence-electron chi connectivity index (χ0n) is 13.1. The Bertz CT molecular complexity index is 233. The standard InChI is InChI=1S/C14H30N2O3/c1-6-19-14(17)12-18-10-9-16(11-13(2)3)8-7-15(4)5/h13H,6-12H2,1-5H3. The number of ether oxygens (including phenoxy) is 2. The molecule has 0 saturated heterocycles. The van der Waals surface area contributed by atoms with E-state index in [2.05, 4.69) is 37.7 Å². The summed E-state index contributed by atoms with van der Waals surface area (Å²) in [5, 5.41) is 0. The number of hydrogen-bond donors (Lipinski definition) is 0. The molecule has 19 heavy (non-hydrogen) atoms. The van der Waals surface area contributed by atoms with E-state index in [1.54, 1.807) is 6.92 Å². The Balaban J connectivity index is 3.81. The van der Waals surface area contributed by atoms with Crippen LogP contribution in [0.4, 0.5) is 0 Å². The third-order valence-electron chi connectivity index (χ3n) is 2.56. The lowest BCUT2D eigenvalue weighted by molar-refractivity contribution is -0.148. The van der Waals surface area contributed by atoms with Crippen molar-refractivity contribution in [2.45, 2.75) is 20.8 Å². The highest BCUT2D eigenvalue weighted by atomic mass is 16.6. The summed E-state index contributed by atoms with van der Waals surface area (Å²) in [6.45, 7) is 11.2. The van der Waals surface area contributed by atoms with Gasteiger partial charge in [0.2, 0.25) is 0 Å². The third-order valence-corrected chi connectivity index (χ3v) is 2.56. The van der Waals surface area contributed by atoms with Crippen molar-refractivity contribution in [2.75, 3.05) is 60.1 Å². The van der Waals surface area contributed by atoms with E-state index >= 15 is 0 Å². The molecule has 0 unspecified atom stereocenters. The molecule has 0 rings (SSSR count). The van der Waals surface area contributed by atoms with E-state index in [0.717, 1.165) is 26.2 Å². The van der Waals surface area contributed by atoms with Gasteiger partial charge in [-0.3, -0.25) is 4.90 Å². The minimum absolute atomic E-state index is 0.0526. The second-order valence-corrected chi connectivity index (χ2v) is 5.36. The number of carbonyl (C=O) groups excluding carboxylic acids is 1. The largest absolute Gasteiger partial charge is 0.464 e. The SMILES string of the molecule is CCOC(=O)COCCN(CCN(C)C)CC(C)C. The molecule has 0 N–H and O–H groups in total. The summed E-state index contributed by atoms with van der Waals surface area (Å²) in [5.41, 5.74) is 0. The van der Waals surface area contributed by atoms with Gasteiger partial charge in [0.15, 0.2) is 0 Å². The normalized spacial score (nSPS) is 11.6. The molecule has 0 fully saturated rings. The fourth-order valence-electron chi connectivity index (χ4n) is 1.70. The number of rotatable bonds is 11. The molecule has 0 aliphatic heterocycles. The second kappa shape index (κ2) is 11.2. The van der Waals surface area contributed by atoms with Gasteiger partial charge >= 0.3 is 5.97 Å². The first-order valence-electron chi connectivity index (χ1n) is 7.06. The molecule has 0 aromatic rings. The van der Waals surface area contributed by atoms with Crippen molar-refractivity contribution in [3.8, 4) is 0 Å². The second-order valence-electron chi connectivity index (χ2n) is 5.36. The van der Waals surface area contributed by atoms with E-state index in [4.69, 9.17) is 9.47 Å². The van der Waals surface area contributed by atoms with Crippen molar-refractivity contribution in [3.05, 3.63) is 0 Å². The first-order chi connectivity index (χ1) is 8.95. The maximum absolute atomic E-state index is 11.1. The Morgan fingerprint density at radius 2 is 1.84 bits per heavy atom. The van der Waals surface area contributed by atoms with E-state index in [-0.39, 0.29) is 12.6 Å². The third kappa shape index (κ3) is 12.1. The molecule has 0 aliphatic carbocycles. The molecule has 114 valence electrons. The van der Waals surface area contributed by atoms with E-state index in [1.807, 2.05) is 0 Å². The van der Waals surface area contributed by atoms with Crippen molar-refractivity contribution in [3.63, 3.8) is 0 Å². The molecule has 0 aromatic carbocycles. The van der Waals surface area contributed by atoms with Crippen LogP contribution in [0.15, 0.2) is 0 Å². The molecule has 0 amide bonds. The zero-order valence-corrected chi connectivity index (χ0v) is 13.1. The van der Waals surface area contributed by atoms with Gasteiger partial charge in [0.1, 0.15) is 6.61 Å². The smallest absolute Gasteiger partial charge is 0.332 e. The van der Waals surface area contributed by atoms with E-state index in [0.29, 0.717) is 19.1 Å². The minimum atomic E-state index is -0.286. The molecule has 0 bridgehead atoms. The van der Waals surface area contributed by atoms with Gasteiger partial charge in [-0.15, -0.1) is 0 Å². The van der Waals surface area contributed by atoms with Crippen LogP contribution in [-0.2, 0) is 14.3 Å². The Hall–Kier alpha value is -0.650. The number of esters is 1. The van der Waals surface area contributed by atoms with Crippen LogP contribution in [0.3, 0.4) is 0 Å². The van der Waals surface area contributed by atoms with Gasteiger partial charge < -0.3 is 14.4 Å². The van der Waals surface area contributed by atoms with Crippen molar-refractivity contribution in [1.29, 1.82) is 0 Å². The fraction of sp³-hybridized carbons (Fsp3) is 0.929. The van der Waals surface area contributed by atoms with Gasteiger partial charge in [0.05, 0.1) is 13.2 Å². The highest BCUT2D eigenvalue weighted by Crippen LogP contribution is 1.99. The number of nitrogens with zero attached hydrogens (tertiary/aromatic N) is 2. The lowest BCUT2D eigenvalue weighted by Gasteiger charge is -2.25. The molecule has 0 saturated carbocycles. The van der Waals surface area contributed by atoms with E-state index in [1.165, 1.54) is 0 Å². The lowest BCUT2D eigenvalue weighted by Crippen LogP contribution is -2.36. The zero-order chi connectivity index (χ0) is 14.7. The topological polar surface area (TPSA) is 42.0 Å². The van der Waals surface area contributed by atoms with E-state index < -0.39 is 0 Å². The van der Waals surface area contributed by atoms with Crippen LogP contribution in [0, 0.1) is 5.92 Å². The molecule has 0 aliphatic rings. The Morgan fingerprint density at radius 1 is 1.16 bits per heavy atom. The molecular formula is C14H30N2O3. The summed E-state index contributed by atoms with van der Waals surface area (Å²) < 4.78 is 10.1. The van der Waals surface area contributed by atoms with Crippen molar-refractivity contribution in [1.82, 2.24) is 9.80 Å². The highest BCUT2D eigenvalue weighted by molar-refractivity contribution is 5.70. The predicted octanol–water partition coefficient (Wildman–Crippen LogP) is 1.09. The van der Waals surface area contributed by atoms with Crippen LogP contribution in [0.5, 0.6) is 0 Å². The average Bonchev–Trinajstić information content (AvgIpc) is 2.31. The Morgan fingerprint density at radius 3 is 2.37 bits per heavy atom. The molecule has 0 aromatic heterocycles. The van der Waals surface area contributed by atoms with Crippen LogP contribution in [0.1, 0.15) is 20.8 Å². The maximum Gasteiger partial charge on any atom is 0.332 e.